The Bertz CT molecular complexity index is 621. The number of hydrogen-bond donors (Lipinski definition) is 1. The Labute approximate surface area is 156 Å². The Morgan fingerprint density at radius 3 is 2.92 bits per heavy atom. The lowest BCUT2D eigenvalue weighted by molar-refractivity contribution is -0.119. The molecule has 1 amide bonds. The average molecular weight is 360 g/mol. The SMILES string of the molecule is COCC[C@@]1(O)CCN(CCC(=O)N2CCCc3ccccc32)C[C@@H]1C. The Hall–Kier alpha value is -1.43. The van der Waals surface area contributed by atoms with Crippen LogP contribution in [0.1, 0.15) is 38.2 Å². The molecule has 1 aromatic carbocycles. The van der Waals surface area contributed by atoms with Crippen LogP contribution in [0.2, 0.25) is 0 Å². The number of likely N-dealkylation sites (tertiary alicyclic amines) is 1. The number of rotatable bonds is 6. The lowest BCUT2D eigenvalue weighted by Gasteiger charge is -2.43. The molecule has 0 aromatic heterocycles. The van der Waals surface area contributed by atoms with Crippen molar-refractivity contribution in [3.8, 4) is 0 Å². The van der Waals surface area contributed by atoms with E-state index >= 15 is 0 Å². The van der Waals surface area contributed by atoms with Crippen molar-refractivity contribution in [2.75, 3.05) is 44.8 Å². The minimum Gasteiger partial charge on any atom is -0.389 e. The summed E-state index contributed by atoms with van der Waals surface area (Å²) in [6.45, 7) is 5.96. The zero-order valence-corrected chi connectivity index (χ0v) is 16.1. The lowest BCUT2D eigenvalue weighted by Crippen LogP contribution is -2.52. The first kappa shape index (κ1) is 19.3. The summed E-state index contributed by atoms with van der Waals surface area (Å²) < 4.78 is 5.14. The van der Waals surface area contributed by atoms with Crippen molar-refractivity contribution in [3.63, 3.8) is 0 Å². The minimum absolute atomic E-state index is 0.192. The van der Waals surface area contributed by atoms with E-state index in [4.69, 9.17) is 4.74 Å². The molecule has 3 rings (SSSR count). The predicted octanol–water partition coefficient (Wildman–Crippen LogP) is 2.47. The monoisotopic (exact) mass is 360 g/mol. The molecule has 5 heteroatoms. The van der Waals surface area contributed by atoms with Gasteiger partial charge in [-0.3, -0.25) is 4.79 Å². The molecule has 0 unspecified atom stereocenters. The summed E-state index contributed by atoms with van der Waals surface area (Å²) >= 11 is 0. The third kappa shape index (κ3) is 4.27. The fourth-order valence-electron chi connectivity index (χ4n) is 4.28. The van der Waals surface area contributed by atoms with Crippen LogP contribution in [0.5, 0.6) is 0 Å². The maximum Gasteiger partial charge on any atom is 0.228 e. The van der Waals surface area contributed by atoms with Crippen LogP contribution in [0.25, 0.3) is 0 Å². The number of piperidine rings is 1. The maximum atomic E-state index is 12.8. The number of aryl methyl sites for hydroxylation is 1. The number of benzene rings is 1. The van der Waals surface area contributed by atoms with Gasteiger partial charge in [-0.15, -0.1) is 0 Å². The molecule has 2 atom stereocenters. The Balaban J connectivity index is 1.52. The highest BCUT2D eigenvalue weighted by Crippen LogP contribution is 2.31. The van der Waals surface area contributed by atoms with E-state index in [9.17, 15) is 9.90 Å². The topological polar surface area (TPSA) is 53.0 Å². The maximum absolute atomic E-state index is 12.8. The van der Waals surface area contributed by atoms with Crippen molar-refractivity contribution >= 4 is 11.6 Å². The number of aliphatic hydroxyl groups is 1. The van der Waals surface area contributed by atoms with Crippen molar-refractivity contribution in [1.82, 2.24) is 4.90 Å². The van der Waals surface area contributed by atoms with Crippen LogP contribution < -0.4 is 4.90 Å². The number of para-hydroxylation sites is 1. The molecule has 0 saturated carbocycles. The van der Waals surface area contributed by atoms with Gasteiger partial charge in [-0.1, -0.05) is 25.1 Å². The number of hydrogen-bond acceptors (Lipinski definition) is 4. The summed E-state index contributed by atoms with van der Waals surface area (Å²) in [5.41, 5.74) is 1.73. The van der Waals surface area contributed by atoms with Crippen molar-refractivity contribution < 1.29 is 14.6 Å². The largest absolute Gasteiger partial charge is 0.389 e. The van der Waals surface area contributed by atoms with Gasteiger partial charge in [0.05, 0.1) is 5.60 Å². The smallest absolute Gasteiger partial charge is 0.228 e. The van der Waals surface area contributed by atoms with Crippen molar-refractivity contribution in [1.29, 1.82) is 0 Å². The first-order chi connectivity index (χ1) is 12.5. The van der Waals surface area contributed by atoms with E-state index in [0.29, 0.717) is 19.4 Å². The molecule has 2 aliphatic heterocycles. The summed E-state index contributed by atoms with van der Waals surface area (Å²) in [7, 11) is 1.67. The zero-order chi connectivity index (χ0) is 18.6. The predicted molar refractivity (Wildman–Crippen MR) is 103 cm³/mol. The lowest BCUT2D eigenvalue weighted by atomic mass is 9.80. The second kappa shape index (κ2) is 8.51. The number of fused-ring (bicyclic) bond motifs is 1. The first-order valence-corrected chi connectivity index (χ1v) is 9.85. The van der Waals surface area contributed by atoms with Gasteiger partial charge in [0.1, 0.15) is 0 Å². The van der Waals surface area contributed by atoms with Gasteiger partial charge in [-0.25, -0.2) is 0 Å². The normalized spacial score (nSPS) is 26.6. The van der Waals surface area contributed by atoms with Gasteiger partial charge >= 0.3 is 0 Å². The molecule has 1 N–H and O–H groups in total. The summed E-state index contributed by atoms with van der Waals surface area (Å²) in [6, 6.07) is 8.25. The van der Waals surface area contributed by atoms with Crippen LogP contribution in [-0.4, -0.2) is 61.4 Å². The Kier molecular flexibility index (Phi) is 6.33. The number of ether oxygens (including phenoxy) is 1. The molecule has 26 heavy (non-hydrogen) atoms. The van der Waals surface area contributed by atoms with E-state index in [0.717, 1.165) is 51.1 Å². The number of amides is 1. The van der Waals surface area contributed by atoms with E-state index in [2.05, 4.69) is 24.0 Å². The van der Waals surface area contributed by atoms with Gasteiger partial charge in [0.15, 0.2) is 0 Å². The Morgan fingerprint density at radius 2 is 2.15 bits per heavy atom. The fourth-order valence-corrected chi connectivity index (χ4v) is 4.28. The molecule has 1 saturated heterocycles. The summed E-state index contributed by atoms with van der Waals surface area (Å²) in [4.78, 5) is 17.1. The molecule has 2 heterocycles. The van der Waals surface area contributed by atoms with Gasteiger partial charge in [-0.2, -0.15) is 0 Å². The van der Waals surface area contributed by atoms with Crippen molar-refractivity contribution in [2.45, 2.75) is 44.6 Å². The van der Waals surface area contributed by atoms with Crippen molar-refractivity contribution in [3.05, 3.63) is 29.8 Å². The fraction of sp³-hybridized carbons (Fsp3) is 0.667. The third-order valence-electron chi connectivity index (χ3n) is 6.10. The van der Waals surface area contributed by atoms with Gasteiger partial charge < -0.3 is 19.6 Å². The highest BCUT2D eigenvalue weighted by Gasteiger charge is 2.38. The van der Waals surface area contributed by atoms with Gasteiger partial charge in [0, 0.05) is 52.0 Å². The molecular weight excluding hydrogens is 328 g/mol. The number of methoxy groups -OCH3 is 1. The molecule has 1 aromatic rings. The molecule has 1 fully saturated rings. The minimum atomic E-state index is -0.637. The van der Waals surface area contributed by atoms with Gasteiger partial charge in [0.25, 0.3) is 0 Å². The van der Waals surface area contributed by atoms with Crippen LogP contribution in [0.4, 0.5) is 5.69 Å². The molecule has 144 valence electrons. The standard InChI is InChI=1S/C21H32N2O3/c1-17-16-22(14-10-21(17,25)11-15-26-2)13-9-20(24)23-12-5-7-18-6-3-4-8-19(18)23/h3-4,6,8,17,25H,5,7,9-16H2,1-2H3/t17-,21-/m0/s1. The van der Waals surface area contributed by atoms with Crippen LogP contribution in [0, 0.1) is 5.92 Å². The van der Waals surface area contributed by atoms with E-state index in [1.54, 1.807) is 7.11 Å². The van der Waals surface area contributed by atoms with Crippen LogP contribution >= 0.6 is 0 Å². The van der Waals surface area contributed by atoms with E-state index < -0.39 is 5.60 Å². The molecule has 2 aliphatic rings. The third-order valence-corrected chi connectivity index (χ3v) is 6.10. The van der Waals surface area contributed by atoms with E-state index in [-0.39, 0.29) is 11.8 Å². The zero-order valence-electron chi connectivity index (χ0n) is 16.1. The Morgan fingerprint density at radius 1 is 1.35 bits per heavy atom. The highest BCUT2D eigenvalue weighted by atomic mass is 16.5. The summed E-state index contributed by atoms with van der Waals surface area (Å²) in [5, 5.41) is 10.8. The summed E-state index contributed by atoms with van der Waals surface area (Å²) in [5.74, 6) is 0.405. The van der Waals surface area contributed by atoms with Crippen molar-refractivity contribution in [2.24, 2.45) is 5.92 Å². The second-order valence-electron chi connectivity index (χ2n) is 7.83. The number of carbonyl (C=O) groups is 1. The number of carbonyl (C=O) groups excluding carboxylic acids is 1. The quantitative estimate of drug-likeness (QED) is 0.847. The average Bonchev–Trinajstić information content (AvgIpc) is 2.67. The second-order valence-corrected chi connectivity index (χ2v) is 7.83. The highest BCUT2D eigenvalue weighted by molar-refractivity contribution is 5.94. The number of nitrogens with zero attached hydrogens (tertiary/aromatic N) is 2. The number of anilines is 1. The summed E-state index contributed by atoms with van der Waals surface area (Å²) in [6.07, 6.45) is 4.07. The molecule has 0 spiro atoms. The van der Waals surface area contributed by atoms with Crippen LogP contribution in [-0.2, 0) is 16.0 Å². The van der Waals surface area contributed by atoms with Crippen LogP contribution in [0.15, 0.2) is 24.3 Å². The van der Waals surface area contributed by atoms with Gasteiger partial charge in [-0.05, 0) is 43.2 Å². The van der Waals surface area contributed by atoms with E-state index in [1.807, 2.05) is 17.0 Å². The molecule has 0 bridgehead atoms. The molecular formula is C21H32N2O3. The molecule has 0 aliphatic carbocycles. The van der Waals surface area contributed by atoms with Crippen LogP contribution in [0.3, 0.4) is 0 Å². The van der Waals surface area contributed by atoms with E-state index in [1.165, 1.54) is 5.56 Å². The molecule has 5 nitrogen and oxygen atoms in total. The van der Waals surface area contributed by atoms with Gasteiger partial charge in [0.2, 0.25) is 5.91 Å². The molecule has 0 radical (unpaired) electrons. The first-order valence-electron chi connectivity index (χ1n) is 9.85.